The zero-order chi connectivity index (χ0) is 19.0. The summed E-state index contributed by atoms with van der Waals surface area (Å²) in [5.41, 5.74) is 11.1. The number of carbonyl (C=O) groups is 2. The molecule has 5 nitrogen and oxygen atoms in total. The third-order valence-corrected chi connectivity index (χ3v) is 6.03. The maximum absolute atomic E-state index is 13.8. The molecule has 0 heterocycles. The van der Waals surface area contributed by atoms with Crippen molar-refractivity contribution in [3.63, 3.8) is 0 Å². The van der Waals surface area contributed by atoms with Crippen LogP contribution in [0.3, 0.4) is 0 Å². The van der Waals surface area contributed by atoms with Crippen LogP contribution in [0.25, 0.3) is 0 Å². The predicted octanol–water partition coefficient (Wildman–Crippen LogP) is 3.73. The fraction of sp³-hybridized carbons (Fsp3) is 0.300. The average Bonchev–Trinajstić information content (AvgIpc) is 3.28. The fourth-order valence-corrected chi connectivity index (χ4v) is 4.74. The number of hydrogen-bond donors (Lipinski definition) is 3. The zero-order valence-electron chi connectivity index (χ0n) is 14.7. The number of benzene rings is 2. The molecule has 0 aliphatic heterocycles. The van der Waals surface area contributed by atoms with Gasteiger partial charge in [-0.25, -0.2) is 9.18 Å². The first-order valence-electron chi connectivity index (χ1n) is 9.03. The summed E-state index contributed by atoms with van der Waals surface area (Å²) < 4.78 is 16.5. The normalized spacial score (nSPS) is 14.6. The van der Waals surface area contributed by atoms with Gasteiger partial charge in [-0.15, -0.1) is 0 Å². The lowest BCUT2D eigenvalue weighted by molar-refractivity contribution is 0.0993. The maximum Gasteiger partial charge on any atom is 0.329 e. The lowest BCUT2D eigenvalue weighted by Crippen LogP contribution is -2.25. The van der Waals surface area contributed by atoms with Gasteiger partial charge in [0.15, 0.2) is 0 Å². The Morgan fingerprint density at radius 1 is 1.04 bits per heavy atom. The Kier molecular flexibility index (Phi) is 4.78. The smallest absolute Gasteiger partial charge is 0.329 e. The zero-order valence-corrected chi connectivity index (χ0v) is 15.5. The van der Waals surface area contributed by atoms with Gasteiger partial charge in [0.05, 0.1) is 5.56 Å². The monoisotopic (exact) mass is 385 g/mol. The highest BCUT2D eigenvalue weighted by atomic mass is 32.2. The fourth-order valence-electron chi connectivity index (χ4n) is 4.04. The van der Waals surface area contributed by atoms with E-state index in [2.05, 4.69) is 16.1 Å². The minimum atomic E-state index is -0.864. The van der Waals surface area contributed by atoms with Crippen LogP contribution in [0.15, 0.2) is 29.2 Å². The van der Waals surface area contributed by atoms with Gasteiger partial charge in [-0.05, 0) is 84.9 Å². The van der Waals surface area contributed by atoms with Crippen molar-refractivity contribution in [2.75, 3.05) is 5.32 Å². The molecular weight excluding hydrogens is 365 g/mol. The van der Waals surface area contributed by atoms with Crippen molar-refractivity contribution in [1.29, 1.82) is 0 Å². The maximum atomic E-state index is 13.8. The molecule has 4 rings (SSSR count). The van der Waals surface area contributed by atoms with Gasteiger partial charge in [-0.1, -0.05) is 12.1 Å². The van der Waals surface area contributed by atoms with Crippen LogP contribution in [-0.4, -0.2) is 11.9 Å². The van der Waals surface area contributed by atoms with Crippen LogP contribution in [0.5, 0.6) is 0 Å². The Morgan fingerprint density at radius 3 is 2.33 bits per heavy atom. The highest BCUT2D eigenvalue weighted by Gasteiger charge is 2.25. The lowest BCUT2D eigenvalue weighted by atomic mass is 9.99. The molecule has 0 atom stereocenters. The second-order valence-electron chi connectivity index (χ2n) is 6.87. The van der Waals surface area contributed by atoms with E-state index in [-0.39, 0.29) is 10.5 Å². The Bertz CT molecular complexity index is 913. The highest BCUT2D eigenvalue weighted by molar-refractivity contribution is 7.98. The number of halogens is 1. The molecule has 0 saturated heterocycles. The molecule has 0 saturated carbocycles. The molecule has 0 radical (unpaired) electrons. The molecule has 2 aromatic carbocycles. The number of anilines is 1. The van der Waals surface area contributed by atoms with Crippen molar-refractivity contribution >= 4 is 29.6 Å². The van der Waals surface area contributed by atoms with Crippen LogP contribution >= 0.6 is 11.9 Å². The van der Waals surface area contributed by atoms with Gasteiger partial charge < -0.3 is 11.1 Å². The Morgan fingerprint density at radius 2 is 1.70 bits per heavy atom. The van der Waals surface area contributed by atoms with E-state index >= 15 is 0 Å². The third-order valence-electron chi connectivity index (χ3n) is 5.19. The van der Waals surface area contributed by atoms with Crippen molar-refractivity contribution in [3.05, 3.63) is 57.9 Å². The van der Waals surface area contributed by atoms with Crippen LogP contribution < -0.4 is 15.8 Å². The minimum absolute atomic E-state index is 0.218. The largest absolute Gasteiger partial charge is 0.365 e. The van der Waals surface area contributed by atoms with Crippen molar-refractivity contribution in [1.82, 2.24) is 4.72 Å². The SMILES string of the molecule is NC(=O)c1c(F)cccc1SNC(=O)Nc1c2c(cc3c1CCC3)CCC2. The summed E-state index contributed by atoms with van der Waals surface area (Å²) >= 11 is 0.881. The van der Waals surface area contributed by atoms with E-state index in [0.717, 1.165) is 56.2 Å². The standard InChI is InChI=1S/C20H20FN3O2S/c21-15-8-3-9-16(17(15)19(22)25)27-24-20(26)23-18-13-6-1-4-11(13)10-12-5-2-7-14(12)18/h3,8-10H,1-2,4-7H2,(H2,22,25)(H2,23,24,26). The average molecular weight is 385 g/mol. The molecule has 4 N–H and O–H groups in total. The van der Waals surface area contributed by atoms with E-state index in [9.17, 15) is 14.0 Å². The molecule has 0 aromatic heterocycles. The van der Waals surface area contributed by atoms with Gasteiger partial charge in [0.25, 0.3) is 5.91 Å². The van der Waals surface area contributed by atoms with E-state index < -0.39 is 17.8 Å². The molecule has 140 valence electrons. The summed E-state index contributed by atoms with van der Waals surface area (Å²) in [5, 5.41) is 3.00. The van der Waals surface area contributed by atoms with E-state index in [1.165, 1.54) is 34.4 Å². The highest BCUT2D eigenvalue weighted by Crippen LogP contribution is 2.38. The number of amides is 3. The van der Waals surface area contributed by atoms with E-state index in [1.54, 1.807) is 6.07 Å². The van der Waals surface area contributed by atoms with E-state index in [0.29, 0.717) is 0 Å². The van der Waals surface area contributed by atoms with Crippen LogP contribution in [0.4, 0.5) is 14.9 Å². The van der Waals surface area contributed by atoms with Gasteiger partial charge in [-0.3, -0.25) is 9.52 Å². The summed E-state index contributed by atoms with van der Waals surface area (Å²) in [6, 6.07) is 6.09. The molecule has 2 aliphatic rings. The van der Waals surface area contributed by atoms with E-state index in [4.69, 9.17) is 5.73 Å². The van der Waals surface area contributed by atoms with Gasteiger partial charge >= 0.3 is 6.03 Å². The number of rotatable bonds is 4. The molecular formula is C20H20FN3O2S. The van der Waals surface area contributed by atoms with Crippen LogP contribution in [-0.2, 0) is 25.7 Å². The molecule has 0 spiro atoms. The number of urea groups is 1. The van der Waals surface area contributed by atoms with Crippen LogP contribution in [0, 0.1) is 5.82 Å². The quantitative estimate of drug-likeness (QED) is 0.701. The first-order chi connectivity index (χ1) is 13.0. The van der Waals surface area contributed by atoms with Gasteiger partial charge in [0, 0.05) is 10.6 Å². The molecule has 0 bridgehead atoms. The molecule has 2 aromatic rings. The number of nitrogens with two attached hydrogens (primary N) is 1. The van der Waals surface area contributed by atoms with Crippen molar-refractivity contribution < 1.29 is 14.0 Å². The second-order valence-corrected chi connectivity index (χ2v) is 7.72. The summed E-state index contributed by atoms with van der Waals surface area (Å²) in [4.78, 5) is 24.3. The first kappa shape index (κ1) is 17.9. The van der Waals surface area contributed by atoms with Gasteiger partial charge in [0.1, 0.15) is 5.82 Å². The van der Waals surface area contributed by atoms with Crippen LogP contribution in [0.2, 0.25) is 0 Å². The molecule has 3 amide bonds. The second kappa shape index (κ2) is 7.23. The van der Waals surface area contributed by atoms with Crippen molar-refractivity contribution in [2.24, 2.45) is 5.73 Å². The minimum Gasteiger partial charge on any atom is -0.365 e. The van der Waals surface area contributed by atoms with Crippen molar-refractivity contribution in [3.8, 4) is 0 Å². The third kappa shape index (κ3) is 3.39. The Hall–Kier alpha value is -2.54. The number of hydrogen-bond acceptors (Lipinski definition) is 3. The summed E-state index contributed by atoms with van der Waals surface area (Å²) in [6.45, 7) is 0. The number of carbonyl (C=O) groups excluding carboxylic acids is 2. The number of nitrogens with one attached hydrogen (secondary N) is 2. The topological polar surface area (TPSA) is 84.2 Å². The van der Waals surface area contributed by atoms with E-state index in [1.807, 2.05) is 0 Å². The number of aryl methyl sites for hydroxylation is 2. The Balaban J connectivity index is 1.52. The summed E-state index contributed by atoms with van der Waals surface area (Å²) in [5.74, 6) is -1.56. The first-order valence-corrected chi connectivity index (χ1v) is 9.85. The number of primary amides is 1. The lowest BCUT2D eigenvalue weighted by Gasteiger charge is -2.16. The predicted molar refractivity (Wildman–Crippen MR) is 103 cm³/mol. The molecule has 7 heteroatoms. The molecule has 27 heavy (non-hydrogen) atoms. The molecule has 0 unspecified atom stereocenters. The van der Waals surface area contributed by atoms with Crippen LogP contribution in [0.1, 0.15) is 45.5 Å². The molecule has 0 fully saturated rings. The van der Waals surface area contributed by atoms with Crippen molar-refractivity contribution in [2.45, 2.75) is 43.4 Å². The molecule has 2 aliphatic carbocycles. The number of fused-ring (bicyclic) bond motifs is 2. The summed E-state index contributed by atoms with van der Waals surface area (Å²) in [6.07, 6.45) is 6.27. The Labute approximate surface area is 161 Å². The van der Waals surface area contributed by atoms with Gasteiger partial charge in [-0.2, -0.15) is 0 Å². The summed E-state index contributed by atoms with van der Waals surface area (Å²) in [7, 11) is 0. The van der Waals surface area contributed by atoms with Gasteiger partial charge in [0.2, 0.25) is 0 Å².